The van der Waals surface area contributed by atoms with Crippen molar-refractivity contribution < 1.29 is 17.6 Å². The maximum Gasteiger partial charge on any atom is 0.269 e. The average Bonchev–Trinajstić information content (AvgIpc) is 2.90. The number of anilines is 1. The number of benzene rings is 1. The number of halogens is 1. The highest BCUT2D eigenvalue weighted by molar-refractivity contribution is 7.90. The molecule has 1 aromatic heterocycles. The van der Waals surface area contributed by atoms with E-state index in [0.29, 0.717) is 32.0 Å². The second kappa shape index (κ2) is 7.44. The predicted octanol–water partition coefficient (Wildman–Crippen LogP) is 0.972. The van der Waals surface area contributed by atoms with Crippen LogP contribution in [0.15, 0.2) is 41.6 Å². The van der Waals surface area contributed by atoms with E-state index in [0.717, 1.165) is 29.8 Å². The minimum Gasteiger partial charge on any atom is -0.338 e. The van der Waals surface area contributed by atoms with Crippen molar-refractivity contribution in [3.05, 3.63) is 48.0 Å². The Hall–Kier alpha value is -2.59. The average molecular weight is 405 g/mol. The van der Waals surface area contributed by atoms with Gasteiger partial charge in [-0.25, -0.2) is 27.1 Å². The van der Waals surface area contributed by atoms with Crippen LogP contribution >= 0.6 is 0 Å². The van der Waals surface area contributed by atoms with Gasteiger partial charge in [-0.1, -0.05) is 12.1 Å². The molecule has 28 heavy (non-hydrogen) atoms. The number of hydrogen-bond donors (Lipinski definition) is 0. The Morgan fingerprint density at radius 1 is 1.00 bits per heavy atom. The van der Waals surface area contributed by atoms with Crippen LogP contribution in [0.3, 0.4) is 0 Å². The number of hydrogen-bond acceptors (Lipinski definition) is 7. The molecule has 0 unspecified atom stereocenters. The molecule has 0 radical (unpaired) electrons. The molecule has 0 atom stereocenters. The molecule has 0 aliphatic carbocycles. The lowest BCUT2D eigenvalue weighted by Crippen LogP contribution is -2.47. The van der Waals surface area contributed by atoms with Gasteiger partial charge in [0.1, 0.15) is 4.90 Å². The van der Waals surface area contributed by atoms with Crippen molar-refractivity contribution in [1.29, 1.82) is 0 Å². The minimum atomic E-state index is -3.74. The van der Waals surface area contributed by atoms with Crippen molar-refractivity contribution in [2.24, 2.45) is 0 Å². The van der Waals surface area contributed by atoms with E-state index < -0.39 is 21.7 Å². The summed E-state index contributed by atoms with van der Waals surface area (Å²) in [5, 5.41) is 0. The summed E-state index contributed by atoms with van der Waals surface area (Å²) < 4.78 is 39.0. The maximum absolute atomic E-state index is 12.9. The summed E-state index contributed by atoms with van der Waals surface area (Å²) in [6.45, 7) is 3.80. The van der Waals surface area contributed by atoms with Crippen molar-refractivity contribution in [3.63, 3.8) is 0 Å². The second-order valence-electron chi connectivity index (χ2n) is 6.76. The molecule has 0 saturated carbocycles. The van der Waals surface area contributed by atoms with Crippen molar-refractivity contribution in [2.75, 3.05) is 44.2 Å². The molecule has 1 fully saturated rings. The van der Waals surface area contributed by atoms with Gasteiger partial charge in [-0.05, 0) is 18.6 Å². The van der Waals surface area contributed by atoms with Gasteiger partial charge in [0.25, 0.3) is 15.9 Å². The summed E-state index contributed by atoms with van der Waals surface area (Å²) >= 11 is 0. The van der Waals surface area contributed by atoms with Gasteiger partial charge in [-0.2, -0.15) is 0 Å². The Balaban J connectivity index is 1.29. The number of piperazine rings is 1. The Labute approximate surface area is 162 Å². The fraction of sp³-hybridized carbons (Fsp3) is 0.389. The molecule has 3 heterocycles. The lowest BCUT2D eigenvalue weighted by Gasteiger charge is -2.34. The maximum atomic E-state index is 12.9. The van der Waals surface area contributed by atoms with Gasteiger partial charge in [-0.15, -0.1) is 0 Å². The number of sulfonamides is 1. The highest BCUT2D eigenvalue weighted by Gasteiger charge is 2.40. The zero-order valence-electron chi connectivity index (χ0n) is 15.2. The topological polar surface area (TPSA) is 86.7 Å². The second-order valence-corrected chi connectivity index (χ2v) is 8.59. The molecule has 10 heteroatoms. The lowest BCUT2D eigenvalue weighted by molar-refractivity contribution is 0.0866. The first kappa shape index (κ1) is 18.8. The van der Waals surface area contributed by atoms with Crippen LogP contribution in [0.1, 0.15) is 16.8 Å². The molecule has 2 aliphatic rings. The third-order valence-corrected chi connectivity index (χ3v) is 6.85. The SMILES string of the molecule is O=C1c2ccccc2S(=O)(=O)N1CCCN1CCN(c2ncc(F)cn2)CC1. The molecule has 0 spiro atoms. The lowest BCUT2D eigenvalue weighted by atomic mass is 10.2. The molecular formula is C18H20FN5O3S. The van der Waals surface area contributed by atoms with Gasteiger partial charge < -0.3 is 4.90 Å². The van der Waals surface area contributed by atoms with Crippen LogP contribution in [-0.4, -0.2) is 72.8 Å². The van der Waals surface area contributed by atoms with E-state index in [1.165, 1.54) is 6.07 Å². The molecule has 2 aromatic rings. The number of rotatable bonds is 5. The number of nitrogens with zero attached hydrogens (tertiary/aromatic N) is 5. The van der Waals surface area contributed by atoms with E-state index >= 15 is 0 Å². The van der Waals surface area contributed by atoms with Gasteiger partial charge in [0, 0.05) is 39.3 Å². The van der Waals surface area contributed by atoms with E-state index in [9.17, 15) is 17.6 Å². The number of carbonyl (C=O) groups excluding carboxylic acids is 1. The van der Waals surface area contributed by atoms with E-state index in [4.69, 9.17) is 0 Å². The first-order valence-corrected chi connectivity index (χ1v) is 10.5. The van der Waals surface area contributed by atoms with Crippen molar-refractivity contribution in [3.8, 4) is 0 Å². The Morgan fingerprint density at radius 3 is 2.36 bits per heavy atom. The van der Waals surface area contributed by atoms with Crippen LogP contribution in [0.2, 0.25) is 0 Å². The summed E-state index contributed by atoms with van der Waals surface area (Å²) in [5.74, 6) is -0.405. The Bertz CT molecular complexity index is 975. The van der Waals surface area contributed by atoms with E-state index in [1.807, 2.05) is 4.90 Å². The number of fused-ring (bicyclic) bond motifs is 1. The molecule has 148 valence electrons. The van der Waals surface area contributed by atoms with Crippen LogP contribution in [-0.2, 0) is 10.0 Å². The Kier molecular flexibility index (Phi) is 4.98. The first-order valence-electron chi connectivity index (χ1n) is 9.08. The van der Waals surface area contributed by atoms with E-state index in [-0.39, 0.29) is 17.0 Å². The molecule has 4 rings (SSSR count). The molecule has 2 aliphatic heterocycles. The largest absolute Gasteiger partial charge is 0.338 e. The van der Waals surface area contributed by atoms with Crippen molar-refractivity contribution >= 4 is 21.9 Å². The van der Waals surface area contributed by atoms with Crippen molar-refractivity contribution in [2.45, 2.75) is 11.3 Å². The molecular weight excluding hydrogens is 385 g/mol. The molecule has 1 saturated heterocycles. The highest BCUT2D eigenvalue weighted by atomic mass is 32.2. The number of aromatic nitrogens is 2. The van der Waals surface area contributed by atoms with Crippen molar-refractivity contribution in [1.82, 2.24) is 19.2 Å². The molecule has 8 nitrogen and oxygen atoms in total. The minimum absolute atomic E-state index is 0.0907. The number of amides is 1. The summed E-state index contributed by atoms with van der Waals surface area (Å²) in [4.78, 5) is 24.7. The van der Waals surface area contributed by atoms with Crippen LogP contribution in [0, 0.1) is 5.82 Å². The number of carbonyl (C=O) groups is 1. The third kappa shape index (κ3) is 3.45. The standard InChI is InChI=1S/C18H20FN5O3S/c19-14-12-20-18(21-13-14)23-10-8-22(9-11-23)6-3-7-24-17(25)15-4-1-2-5-16(15)28(24,26)27/h1-2,4-5,12-13H,3,6-11H2. The summed E-state index contributed by atoms with van der Waals surface area (Å²) in [5.41, 5.74) is 0.246. The fourth-order valence-corrected chi connectivity index (χ4v) is 5.14. The molecule has 0 bridgehead atoms. The quantitative estimate of drug-likeness (QED) is 0.733. The highest BCUT2D eigenvalue weighted by Crippen LogP contribution is 2.29. The van der Waals surface area contributed by atoms with Crippen LogP contribution < -0.4 is 4.90 Å². The van der Waals surface area contributed by atoms with Gasteiger partial charge >= 0.3 is 0 Å². The molecule has 0 N–H and O–H groups in total. The zero-order valence-corrected chi connectivity index (χ0v) is 16.0. The third-order valence-electron chi connectivity index (χ3n) is 5.01. The summed E-state index contributed by atoms with van der Waals surface area (Å²) in [6, 6.07) is 6.31. The monoisotopic (exact) mass is 405 g/mol. The summed E-state index contributed by atoms with van der Waals surface area (Å²) in [6.07, 6.45) is 2.87. The van der Waals surface area contributed by atoms with Gasteiger partial charge in [0.2, 0.25) is 5.95 Å². The predicted molar refractivity (Wildman–Crippen MR) is 99.9 cm³/mol. The smallest absolute Gasteiger partial charge is 0.269 e. The van der Waals surface area contributed by atoms with Gasteiger partial charge in [0.15, 0.2) is 5.82 Å². The fourth-order valence-electron chi connectivity index (χ4n) is 3.53. The van der Waals surface area contributed by atoms with Crippen LogP contribution in [0.4, 0.5) is 10.3 Å². The van der Waals surface area contributed by atoms with E-state index in [1.54, 1.807) is 18.2 Å². The molecule has 1 amide bonds. The van der Waals surface area contributed by atoms with Gasteiger partial charge in [0.05, 0.1) is 18.0 Å². The van der Waals surface area contributed by atoms with Crippen LogP contribution in [0.25, 0.3) is 0 Å². The van der Waals surface area contributed by atoms with E-state index in [2.05, 4.69) is 14.9 Å². The normalized spacial score (nSPS) is 19.1. The Morgan fingerprint density at radius 2 is 1.68 bits per heavy atom. The first-order chi connectivity index (χ1) is 13.5. The van der Waals surface area contributed by atoms with Gasteiger partial charge in [-0.3, -0.25) is 9.69 Å². The summed E-state index contributed by atoms with van der Waals surface area (Å²) in [7, 11) is -3.74. The zero-order chi connectivity index (χ0) is 19.7. The van der Waals surface area contributed by atoms with Crippen LogP contribution in [0.5, 0.6) is 0 Å². The molecule has 1 aromatic carbocycles.